The molecule has 0 heterocycles. The normalized spacial score (nSPS) is 13.1. The van der Waals surface area contributed by atoms with Crippen molar-refractivity contribution in [2.45, 2.75) is 45.6 Å². The highest BCUT2D eigenvalue weighted by Gasteiger charge is 2.06. The van der Waals surface area contributed by atoms with Crippen LogP contribution in [0.2, 0.25) is 0 Å². The summed E-state index contributed by atoms with van der Waals surface area (Å²) in [7, 11) is 0. The molecule has 1 heteroatoms. The Morgan fingerprint density at radius 1 is 1.07 bits per heavy atom. The van der Waals surface area contributed by atoms with Gasteiger partial charge in [-0.1, -0.05) is 50.6 Å². The third-order valence-corrected chi connectivity index (χ3v) is 2.95. The van der Waals surface area contributed by atoms with Gasteiger partial charge in [-0.25, -0.2) is 0 Å². The molecule has 0 fully saturated rings. The van der Waals surface area contributed by atoms with E-state index in [0.717, 1.165) is 6.42 Å². The standard InChI is InChI=1S/C14H23N/c1-12(2)14(15)11-7-6-10-13-8-4-3-5-9-13/h3-5,8-9,12,14H,6-7,10-11,15H2,1-2H3. The average molecular weight is 205 g/mol. The van der Waals surface area contributed by atoms with Crippen molar-refractivity contribution in [3.63, 3.8) is 0 Å². The Balaban J connectivity index is 2.12. The number of rotatable bonds is 6. The van der Waals surface area contributed by atoms with Gasteiger partial charge >= 0.3 is 0 Å². The summed E-state index contributed by atoms with van der Waals surface area (Å²) in [5.74, 6) is 0.613. The molecule has 0 bridgehead atoms. The van der Waals surface area contributed by atoms with E-state index in [1.807, 2.05) is 0 Å². The Labute approximate surface area is 93.7 Å². The molecule has 0 spiro atoms. The second-order valence-corrected chi connectivity index (χ2v) is 4.64. The van der Waals surface area contributed by atoms with Crippen LogP contribution in [-0.2, 0) is 6.42 Å². The van der Waals surface area contributed by atoms with Crippen molar-refractivity contribution in [1.82, 2.24) is 0 Å². The van der Waals surface area contributed by atoms with Gasteiger partial charge in [0, 0.05) is 6.04 Å². The van der Waals surface area contributed by atoms with Crippen molar-refractivity contribution >= 4 is 0 Å². The van der Waals surface area contributed by atoms with E-state index in [2.05, 4.69) is 44.2 Å². The molecule has 0 amide bonds. The van der Waals surface area contributed by atoms with Crippen molar-refractivity contribution in [2.24, 2.45) is 11.7 Å². The molecule has 1 atom stereocenters. The second-order valence-electron chi connectivity index (χ2n) is 4.64. The fourth-order valence-electron chi connectivity index (χ4n) is 1.69. The van der Waals surface area contributed by atoms with Gasteiger partial charge in [-0.15, -0.1) is 0 Å². The minimum Gasteiger partial charge on any atom is -0.327 e. The lowest BCUT2D eigenvalue weighted by Crippen LogP contribution is -2.25. The Hall–Kier alpha value is -0.820. The Morgan fingerprint density at radius 3 is 2.33 bits per heavy atom. The van der Waals surface area contributed by atoms with Crippen LogP contribution >= 0.6 is 0 Å². The van der Waals surface area contributed by atoms with Gasteiger partial charge in [0.1, 0.15) is 0 Å². The third kappa shape index (κ3) is 4.98. The maximum absolute atomic E-state index is 6.00. The maximum atomic E-state index is 6.00. The average Bonchev–Trinajstić information content (AvgIpc) is 2.25. The summed E-state index contributed by atoms with van der Waals surface area (Å²) < 4.78 is 0. The number of benzene rings is 1. The summed E-state index contributed by atoms with van der Waals surface area (Å²) in [6.45, 7) is 4.39. The van der Waals surface area contributed by atoms with Crippen LogP contribution in [0.1, 0.15) is 38.7 Å². The molecule has 1 unspecified atom stereocenters. The number of aryl methyl sites for hydroxylation is 1. The molecule has 0 aromatic heterocycles. The maximum Gasteiger partial charge on any atom is 0.00618 e. The van der Waals surface area contributed by atoms with E-state index in [1.165, 1.54) is 24.8 Å². The Morgan fingerprint density at radius 2 is 1.73 bits per heavy atom. The van der Waals surface area contributed by atoms with E-state index < -0.39 is 0 Å². The van der Waals surface area contributed by atoms with Crippen molar-refractivity contribution in [3.8, 4) is 0 Å². The van der Waals surface area contributed by atoms with E-state index >= 15 is 0 Å². The van der Waals surface area contributed by atoms with Gasteiger partial charge < -0.3 is 5.73 Å². The number of hydrogen-bond acceptors (Lipinski definition) is 1. The van der Waals surface area contributed by atoms with Crippen LogP contribution < -0.4 is 5.73 Å². The van der Waals surface area contributed by atoms with Crippen LogP contribution in [-0.4, -0.2) is 6.04 Å². The van der Waals surface area contributed by atoms with E-state index in [0.29, 0.717) is 12.0 Å². The Kier molecular flexibility index (Phi) is 5.41. The van der Waals surface area contributed by atoms with Gasteiger partial charge in [-0.2, -0.15) is 0 Å². The minimum atomic E-state index is 0.376. The molecule has 84 valence electrons. The SMILES string of the molecule is CC(C)C(N)CCCCc1ccccc1. The molecule has 15 heavy (non-hydrogen) atoms. The molecule has 2 N–H and O–H groups in total. The van der Waals surface area contributed by atoms with Crippen LogP contribution in [0.25, 0.3) is 0 Å². The summed E-state index contributed by atoms with van der Waals surface area (Å²) in [5.41, 5.74) is 7.44. The van der Waals surface area contributed by atoms with E-state index in [-0.39, 0.29) is 0 Å². The summed E-state index contributed by atoms with van der Waals surface area (Å²) in [5, 5.41) is 0. The first kappa shape index (κ1) is 12.3. The first-order valence-corrected chi connectivity index (χ1v) is 5.99. The van der Waals surface area contributed by atoms with E-state index in [4.69, 9.17) is 5.73 Å². The van der Waals surface area contributed by atoms with E-state index in [9.17, 15) is 0 Å². The first-order chi connectivity index (χ1) is 7.20. The third-order valence-electron chi connectivity index (χ3n) is 2.95. The fourth-order valence-corrected chi connectivity index (χ4v) is 1.69. The second kappa shape index (κ2) is 6.62. The number of unbranched alkanes of at least 4 members (excludes halogenated alkanes) is 1. The van der Waals surface area contributed by atoms with Gasteiger partial charge in [-0.05, 0) is 30.7 Å². The molecule has 0 aliphatic heterocycles. The van der Waals surface area contributed by atoms with Crippen LogP contribution in [0.5, 0.6) is 0 Å². The molecule has 0 saturated heterocycles. The van der Waals surface area contributed by atoms with Crippen molar-refractivity contribution in [3.05, 3.63) is 35.9 Å². The monoisotopic (exact) mass is 205 g/mol. The molecule has 0 aliphatic carbocycles. The Bertz CT molecular complexity index is 253. The first-order valence-electron chi connectivity index (χ1n) is 5.99. The van der Waals surface area contributed by atoms with Crippen LogP contribution in [0, 0.1) is 5.92 Å². The summed E-state index contributed by atoms with van der Waals surface area (Å²) in [6.07, 6.45) is 4.84. The topological polar surface area (TPSA) is 26.0 Å². The van der Waals surface area contributed by atoms with E-state index in [1.54, 1.807) is 0 Å². The largest absolute Gasteiger partial charge is 0.327 e. The lowest BCUT2D eigenvalue weighted by Gasteiger charge is -2.14. The molecule has 0 saturated carbocycles. The molecule has 1 aromatic carbocycles. The van der Waals surface area contributed by atoms with Crippen LogP contribution in [0.4, 0.5) is 0 Å². The van der Waals surface area contributed by atoms with Gasteiger partial charge in [0.05, 0.1) is 0 Å². The molecular formula is C14H23N. The summed E-state index contributed by atoms with van der Waals surface area (Å²) in [6, 6.07) is 11.0. The van der Waals surface area contributed by atoms with Gasteiger partial charge in [-0.3, -0.25) is 0 Å². The van der Waals surface area contributed by atoms with Crippen LogP contribution in [0.15, 0.2) is 30.3 Å². The lowest BCUT2D eigenvalue weighted by atomic mass is 9.98. The number of hydrogen-bond donors (Lipinski definition) is 1. The lowest BCUT2D eigenvalue weighted by molar-refractivity contribution is 0.446. The van der Waals surface area contributed by atoms with Gasteiger partial charge in [0.25, 0.3) is 0 Å². The zero-order valence-corrected chi connectivity index (χ0v) is 9.95. The molecule has 1 nitrogen and oxygen atoms in total. The van der Waals surface area contributed by atoms with Gasteiger partial charge in [0.2, 0.25) is 0 Å². The molecular weight excluding hydrogens is 182 g/mol. The predicted molar refractivity (Wildman–Crippen MR) is 66.8 cm³/mol. The molecule has 1 rings (SSSR count). The highest BCUT2D eigenvalue weighted by atomic mass is 14.6. The fraction of sp³-hybridized carbons (Fsp3) is 0.571. The molecule has 0 aliphatic rings. The van der Waals surface area contributed by atoms with Crippen molar-refractivity contribution in [1.29, 1.82) is 0 Å². The smallest absolute Gasteiger partial charge is 0.00618 e. The number of nitrogens with two attached hydrogens (primary N) is 1. The molecule has 0 radical (unpaired) electrons. The minimum absolute atomic E-state index is 0.376. The summed E-state index contributed by atoms with van der Waals surface area (Å²) >= 11 is 0. The van der Waals surface area contributed by atoms with Crippen molar-refractivity contribution in [2.75, 3.05) is 0 Å². The quantitative estimate of drug-likeness (QED) is 0.708. The van der Waals surface area contributed by atoms with Crippen LogP contribution in [0.3, 0.4) is 0 Å². The highest BCUT2D eigenvalue weighted by Crippen LogP contribution is 2.10. The van der Waals surface area contributed by atoms with Gasteiger partial charge in [0.15, 0.2) is 0 Å². The summed E-state index contributed by atoms with van der Waals surface area (Å²) in [4.78, 5) is 0. The molecule has 1 aromatic rings. The highest BCUT2D eigenvalue weighted by molar-refractivity contribution is 5.14. The predicted octanol–water partition coefficient (Wildman–Crippen LogP) is 3.38. The zero-order valence-electron chi connectivity index (χ0n) is 9.95. The van der Waals surface area contributed by atoms with Crippen molar-refractivity contribution < 1.29 is 0 Å². The zero-order chi connectivity index (χ0) is 11.1.